The summed E-state index contributed by atoms with van der Waals surface area (Å²) in [7, 11) is 0. The molecule has 1 fully saturated rings. The first-order chi connectivity index (χ1) is 10.7. The molecule has 0 radical (unpaired) electrons. The number of esters is 1. The summed E-state index contributed by atoms with van der Waals surface area (Å²) >= 11 is 0. The molecule has 0 spiro atoms. The Morgan fingerprint density at radius 2 is 1.64 bits per heavy atom. The maximum atomic E-state index is 12.3. The molecular weight excluding hydrogens is 280 g/mol. The van der Waals surface area contributed by atoms with E-state index in [2.05, 4.69) is 0 Å². The van der Waals surface area contributed by atoms with Crippen LogP contribution in [0, 0.1) is 5.92 Å². The predicted octanol–water partition coefficient (Wildman–Crippen LogP) is 2.86. The van der Waals surface area contributed by atoms with Gasteiger partial charge in [0.15, 0.2) is 5.78 Å². The predicted molar refractivity (Wildman–Crippen MR) is 80.9 cm³/mol. The lowest BCUT2D eigenvalue weighted by molar-refractivity contribution is -0.138. The lowest BCUT2D eigenvalue weighted by atomic mass is 10.0. The second-order valence-corrected chi connectivity index (χ2v) is 5.20. The normalized spacial score (nSPS) is 17.2. The van der Waals surface area contributed by atoms with Crippen molar-refractivity contribution in [2.24, 2.45) is 5.92 Å². The van der Waals surface area contributed by atoms with Crippen LogP contribution in [0.1, 0.15) is 22.3 Å². The minimum absolute atomic E-state index is 0.0531. The van der Waals surface area contributed by atoms with Gasteiger partial charge >= 0.3 is 5.97 Å². The van der Waals surface area contributed by atoms with E-state index >= 15 is 0 Å². The minimum atomic E-state index is -0.278. The molecule has 4 heteroatoms. The maximum absolute atomic E-state index is 12.3. The van der Waals surface area contributed by atoms with Gasteiger partial charge in [0.2, 0.25) is 0 Å². The summed E-state index contributed by atoms with van der Waals surface area (Å²) in [4.78, 5) is 24.2. The number of carbonyl (C=O) groups is 2. The highest BCUT2D eigenvalue weighted by Crippen LogP contribution is 2.19. The van der Waals surface area contributed by atoms with Crippen LogP contribution < -0.4 is 4.74 Å². The first kappa shape index (κ1) is 14.5. The van der Waals surface area contributed by atoms with Gasteiger partial charge in [-0.1, -0.05) is 30.3 Å². The Morgan fingerprint density at radius 1 is 0.955 bits per heavy atom. The van der Waals surface area contributed by atoms with E-state index in [0.717, 1.165) is 0 Å². The topological polar surface area (TPSA) is 52.6 Å². The number of benzene rings is 2. The van der Waals surface area contributed by atoms with Crippen LogP contribution in [0.5, 0.6) is 5.75 Å². The second-order valence-electron chi connectivity index (χ2n) is 5.20. The zero-order chi connectivity index (χ0) is 15.4. The molecule has 0 amide bonds. The van der Waals surface area contributed by atoms with Crippen LogP contribution in [0.2, 0.25) is 0 Å². The first-order valence-electron chi connectivity index (χ1n) is 7.23. The minimum Gasteiger partial charge on any atom is -0.426 e. The molecule has 0 N–H and O–H groups in total. The molecule has 1 heterocycles. The molecule has 0 saturated carbocycles. The fourth-order valence-electron chi connectivity index (χ4n) is 2.35. The van der Waals surface area contributed by atoms with E-state index in [-0.39, 0.29) is 17.7 Å². The summed E-state index contributed by atoms with van der Waals surface area (Å²) in [5.74, 6) is -0.0746. The monoisotopic (exact) mass is 296 g/mol. The van der Waals surface area contributed by atoms with Gasteiger partial charge in [0, 0.05) is 17.7 Å². The number of hydrogen-bond acceptors (Lipinski definition) is 4. The molecule has 22 heavy (non-hydrogen) atoms. The standard InChI is InChI=1S/C18H16O4/c19-17(13-4-2-1-3-5-13)14-6-8-16(9-7-14)22-18(20)15-10-11-21-12-15/h1-9,15H,10-12H2. The third kappa shape index (κ3) is 3.23. The van der Waals surface area contributed by atoms with Gasteiger partial charge in [0.05, 0.1) is 12.5 Å². The summed E-state index contributed by atoms with van der Waals surface area (Å²) in [5, 5.41) is 0. The van der Waals surface area contributed by atoms with E-state index in [1.54, 1.807) is 36.4 Å². The Kier molecular flexibility index (Phi) is 4.30. The Balaban J connectivity index is 1.67. The quantitative estimate of drug-likeness (QED) is 0.494. The molecule has 4 nitrogen and oxygen atoms in total. The van der Waals surface area contributed by atoms with Crippen molar-refractivity contribution in [1.29, 1.82) is 0 Å². The SMILES string of the molecule is O=C(c1ccccc1)c1ccc(OC(=O)C2CCOC2)cc1. The Morgan fingerprint density at radius 3 is 2.27 bits per heavy atom. The van der Waals surface area contributed by atoms with Gasteiger partial charge in [-0.3, -0.25) is 9.59 Å². The number of ketones is 1. The zero-order valence-electron chi connectivity index (χ0n) is 12.0. The molecule has 1 atom stereocenters. The van der Waals surface area contributed by atoms with Gasteiger partial charge in [-0.2, -0.15) is 0 Å². The number of rotatable bonds is 4. The molecule has 112 valence electrons. The third-order valence-corrected chi connectivity index (χ3v) is 3.63. The van der Waals surface area contributed by atoms with Gasteiger partial charge in [-0.25, -0.2) is 0 Å². The molecule has 3 rings (SSSR count). The number of hydrogen-bond donors (Lipinski definition) is 0. The smallest absolute Gasteiger partial charge is 0.316 e. The van der Waals surface area contributed by atoms with E-state index in [0.29, 0.717) is 36.5 Å². The van der Waals surface area contributed by atoms with Crippen LogP contribution >= 0.6 is 0 Å². The summed E-state index contributed by atoms with van der Waals surface area (Å²) in [6.07, 6.45) is 0.698. The summed E-state index contributed by atoms with van der Waals surface area (Å²) < 4.78 is 10.5. The number of ether oxygens (including phenoxy) is 2. The van der Waals surface area contributed by atoms with E-state index in [4.69, 9.17) is 9.47 Å². The summed E-state index contributed by atoms with van der Waals surface area (Å²) in [6.45, 7) is 1.02. The van der Waals surface area contributed by atoms with Crippen LogP contribution in [-0.2, 0) is 9.53 Å². The van der Waals surface area contributed by atoms with Crippen molar-refractivity contribution >= 4 is 11.8 Å². The van der Waals surface area contributed by atoms with E-state index in [1.807, 2.05) is 18.2 Å². The molecule has 0 bridgehead atoms. The highest BCUT2D eigenvalue weighted by Gasteiger charge is 2.25. The first-order valence-corrected chi connectivity index (χ1v) is 7.23. The molecule has 1 unspecified atom stereocenters. The molecule has 2 aromatic carbocycles. The molecule has 0 aliphatic carbocycles. The van der Waals surface area contributed by atoms with Crippen LogP contribution in [0.15, 0.2) is 54.6 Å². The Bertz CT molecular complexity index is 655. The van der Waals surface area contributed by atoms with Crippen molar-refractivity contribution in [2.75, 3.05) is 13.2 Å². The van der Waals surface area contributed by atoms with Gasteiger partial charge in [0.25, 0.3) is 0 Å². The second kappa shape index (κ2) is 6.54. The average molecular weight is 296 g/mol. The Hall–Kier alpha value is -2.46. The van der Waals surface area contributed by atoms with Gasteiger partial charge in [-0.15, -0.1) is 0 Å². The van der Waals surface area contributed by atoms with Crippen LogP contribution in [0.3, 0.4) is 0 Å². The van der Waals surface area contributed by atoms with Crippen LogP contribution in [0.4, 0.5) is 0 Å². The van der Waals surface area contributed by atoms with Crippen molar-refractivity contribution in [3.63, 3.8) is 0 Å². The van der Waals surface area contributed by atoms with E-state index in [1.165, 1.54) is 0 Å². The third-order valence-electron chi connectivity index (χ3n) is 3.63. The van der Waals surface area contributed by atoms with Crippen molar-refractivity contribution in [2.45, 2.75) is 6.42 Å². The largest absolute Gasteiger partial charge is 0.426 e. The lowest BCUT2D eigenvalue weighted by Gasteiger charge is -2.08. The highest BCUT2D eigenvalue weighted by molar-refractivity contribution is 6.09. The fourth-order valence-corrected chi connectivity index (χ4v) is 2.35. The van der Waals surface area contributed by atoms with Crippen molar-refractivity contribution in [1.82, 2.24) is 0 Å². The Labute approximate surface area is 128 Å². The summed E-state index contributed by atoms with van der Waals surface area (Å²) in [6, 6.07) is 15.7. The van der Waals surface area contributed by atoms with Crippen molar-refractivity contribution in [3.05, 3.63) is 65.7 Å². The van der Waals surface area contributed by atoms with Crippen LogP contribution in [-0.4, -0.2) is 25.0 Å². The van der Waals surface area contributed by atoms with Crippen molar-refractivity contribution in [3.8, 4) is 5.75 Å². The molecular formula is C18H16O4. The maximum Gasteiger partial charge on any atom is 0.316 e. The zero-order valence-corrected chi connectivity index (χ0v) is 12.0. The van der Waals surface area contributed by atoms with Crippen LogP contribution in [0.25, 0.3) is 0 Å². The molecule has 1 aliphatic heterocycles. The summed E-state index contributed by atoms with van der Waals surface area (Å²) in [5.41, 5.74) is 1.20. The van der Waals surface area contributed by atoms with E-state index in [9.17, 15) is 9.59 Å². The van der Waals surface area contributed by atoms with E-state index < -0.39 is 0 Å². The molecule has 1 aliphatic rings. The van der Waals surface area contributed by atoms with Gasteiger partial charge < -0.3 is 9.47 Å². The molecule has 2 aromatic rings. The average Bonchev–Trinajstić information content (AvgIpc) is 3.10. The molecule has 1 saturated heterocycles. The highest BCUT2D eigenvalue weighted by atomic mass is 16.5. The number of carbonyl (C=O) groups excluding carboxylic acids is 2. The lowest BCUT2D eigenvalue weighted by Crippen LogP contribution is -2.20. The molecule has 0 aromatic heterocycles. The fraction of sp³-hybridized carbons (Fsp3) is 0.222. The van der Waals surface area contributed by atoms with Gasteiger partial charge in [-0.05, 0) is 30.7 Å². The van der Waals surface area contributed by atoms with Crippen molar-refractivity contribution < 1.29 is 19.1 Å². The van der Waals surface area contributed by atoms with Gasteiger partial charge in [0.1, 0.15) is 5.75 Å².